The fraction of sp³-hybridized carbons (Fsp3) is 0.455. The van der Waals surface area contributed by atoms with E-state index >= 15 is 0 Å². The number of ether oxygens (including phenoxy) is 1. The number of carboxylic acid groups (broad SMARTS) is 1. The number of imide groups is 1. The first kappa shape index (κ1) is 22.4. The molecule has 1 aromatic heterocycles. The molecule has 4 amide bonds. The minimum atomic E-state index is -1.14. The number of rotatable bonds is 2. The maximum atomic E-state index is 12.3. The molecule has 4 rings (SSSR count). The largest absolute Gasteiger partial charge is 0.464 e. The molecule has 2 aromatic rings. The molecule has 2 aliphatic heterocycles. The highest BCUT2D eigenvalue weighted by Crippen LogP contribution is 2.33. The Bertz CT molecular complexity index is 1130. The number of piperazine rings is 1. The van der Waals surface area contributed by atoms with Crippen LogP contribution in [0.25, 0.3) is 10.9 Å². The van der Waals surface area contributed by atoms with Crippen LogP contribution in [0.4, 0.5) is 25.8 Å². The van der Waals surface area contributed by atoms with Crippen LogP contribution < -0.4 is 15.1 Å². The maximum absolute atomic E-state index is 12.3. The number of hydrogen-bond acceptors (Lipinski definition) is 6. The van der Waals surface area contributed by atoms with Crippen LogP contribution in [0.15, 0.2) is 24.4 Å². The first-order chi connectivity index (χ1) is 15.5. The van der Waals surface area contributed by atoms with Crippen LogP contribution in [0.3, 0.4) is 0 Å². The van der Waals surface area contributed by atoms with E-state index in [0.29, 0.717) is 37.4 Å². The van der Waals surface area contributed by atoms with Crippen molar-refractivity contribution in [3.63, 3.8) is 0 Å². The predicted molar refractivity (Wildman–Crippen MR) is 121 cm³/mol. The maximum Gasteiger partial charge on any atom is 0.416 e. The fourth-order valence-corrected chi connectivity index (χ4v) is 4.04. The molecule has 11 heteroatoms. The smallest absolute Gasteiger partial charge is 0.416 e. The first-order valence-corrected chi connectivity index (χ1v) is 10.8. The molecule has 11 nitrogen and oxygen atoms in total. The molecule has 2 N–H and O–H groups in total. The van der Waals surface area contributed by atoms with E-state index in [9.17, 15) is 24.3 Å². The summed E-state index contributed by atoms with van der Waals surface area (Å²) < 4.78 is 6.56. The van der Waals surface area contributed by atoms with Gasteiger partial charge in [0.25, 0.3) is 0 Å². The zero-order valence-electron chi connectivity index (χ0n) is 18.8. The van der Waals surface area contributed by atoms with Crippen molar-refractivity contribution < 1.29 is 29.0 Å². The molecule has 3 heterocycles. The second-order valence-corrected chi connectivity index (χ2v) is 9.08. The molecule has 33 heavy (non-hydrogen) atoms. The van der Waals surface area contributed by atoms with Crippen molar-refractivity contribution in [1.82, 2.24) is 14.8 Å². The number of nitrogens with zero attached hydrogens (tertiary/aromatic N) is 4. The molecule has 0 saturated carbocycles. The monoisotopic (exact) mass is 457 g/mol. The van der Waals surface area contributed by atoms with E-state index in [-0.39, 0.29) is 25.0 Å². The van der Waals surface area contributed by atoms with E-state index in [2.05, 4.69) is 5.32 Å². The molecule has 0 bridgehead atoms. The van der Waals surface area contributed by atoms with E-state index in [1.54, 1.807) is 29.3 Å². The Hall–Kier alpha value is -3.76. The second-order valence-electron chi connectivity index (χ2n) is 9.08. The number of nitrogens with one attached hydrogen (secondary N) is 1. The van der Waals surface area contributed by atoms with Crippen LogP contribution in [0.2, 0.25) is 0 Å². The first-order valence-electron chi connectivity index (χ1n) is 10.8. The molecule has 1 aromatic carbocycles. The summed E-state index contributed by atoms with van der Waals surface area (Å²) >= 11 is 0. The van der Waals surface area contributed by atoms with E-state index in [4.69, 9.17) is 4.74 Å². The lowest BCUT2D eigenvalue weighted by Crippen LogP contribution is -2.50. The van der Waals surface area contributed by atoms with Gasteiger partial charge in [-0.25, -0.2) is 14.4 Å². The topological polar surface area (TPSA) is 124 Å². The third-order valence-electron chi connectivity index (χ3n) is 5.61. The van der Waals surface area contributed by atoms with Crippen molar-refractivity contribution in [3.05, 3.63) is 24.4 Å². The summed E-state index contributed by atoms with van der Waals surface area (Å²) in [6, 6.07) is 4.63. The average Bonchev–Trinajstić information content (AvgIpc) is 3.12. The molecular formula is C22H27N5O6. The van der Waals surface area contributed by atoms with Crippen LogP contribution in [-0.4, -0.2) is 77.0 Å². The minimum Gasteiger partial charge on any atom is -0.464 e. The van der Waals surface area contributed by atoms with Crippen molar-refractivity contribution in [2.75, 3.05) is 42.5 Å². The Morgan fingerprint density at radius 3 is 2.36 bits per heavy atom. The summed E-state index contributed by atoms with van der Waals surface area (Å²) in [5, 5.41) is 12.7. The van der Waals surface area contributed by atoms with Gasteiger partial charge in [0.15, 0.2) is 0 Å². The summed E-state index contributed by atoms with van der Waals surface area (Å²) in [4.78, 5) is 53.0. The Kier molecular flexibility index (Phi) is 5.64. The number of anilines is 2. The minimum absolute atomic E-state index is 0.177. The number of fused-ring (bicyclic) bond motifs is 1. The Morgan fingerprint density at radius 1 is 1.06 bits per heavy atom. The lowest BCUT2D eigenvalue weighted by atomic mass is 10.1. The van der Waals surface area contributed by atoms with Gasteiger partial charge in [-0.05, 0) is 39.0 Å². The van der Waals surface area contributed by atoms with E-state index in [0.717, 1.165) is 15.6 Å². The lowest BCUT2D eigenvalue weighted by molar-refractivity contribution is -0.120. The molecule has 0 spiro atoms. The summed E-state index contributed by atoms with van der Waals surface area (Å²) in [6.45, 7) is 7.64. The van der Waals surface area contributed by atoms with Gasteiger partial charge in [0, 0.05) is 56.4 Å². The van der Waals surface area contributed by atoms with Gasteiger partial charge in [-0.1, -0.05) is 0 Å². The van der Waals surface area contributed by atoms with Gasteiger partial charge in [0.2, 0.25) is 5.91 Å². The number of benzene rings is 1. The highest BCUT2D eigenvalue weighted by Gasteiger charge is 2.29. The van der Waals surface area contributed by atoms with Gasteiger partial charge in [-0.2, -0.15) is 0 Å². The zero-order chi connectivity index (χ0) is 23.9. The molecule has 2 fully saturated rings. The van der Waals surface area contributed by atoms with E-state index in [1.807, 2.05) is 25.7 Å². The van der Waals surface area contributed by atoms with Crippen LogP contribution >= 0.6 is 0 Å². The number of hydrogen-bond donors (Lipinski definition) is 2. The number of aromatic nitrogens is 1. The summed E-state index contributed by atoms with van der Waals surface area (Å²) in [7, 11) is 0. The Balaban J connectivity index is 1.58. The molecule has 2 saturated heterocycles. The zero-order valence-corrected chi connectivity index (χ0v) is 18.8. The highest BCUT2D eigenvalue weighted by atomic mass is 16.6. The number of amides is 4. The SMILES string of the molecule is CC(C)(C)OC(=O)N1CCN(c2cn(C(=O)O)c3cc(N4CCC(=O)NC4=O)ccc23)CC1. The van der Waals surface area contributed by atoms with Crippen LogP contribution in [0.5, 0.6) is 0 Å². The van der Waals surface area contributed by atoms with Crippen molar-refractivity contribution in [2.24, 2.45) is 0 Å². The van der Waals surface area contributed by atoms with E-state index in [1.165, 1.54) is 4.90 Å². The van der Waals surface area contributed by atoms with Gasteiger partial charge in [0.1, 0.15) is 5.60 Å². The molecule has 2 aliphatic rings. The standard InChI is InChI=1S/C22H27N5O6/c1-22(2,3)33-21(32)25-10-8-24(9-11-25)17-13-27(20(30)31)16-12-14(4-5-15(16)17)26-7-6-18(28)23-19(26)29/h4-5,12-13H,6-11H2,1-3H3,(H,30,31)(H,23,28,29). The Labute approximate surface area is 190 Å². The number of carbonyl (C=O) groups excluding carboxylic acids is 3. The Morgan fingerprint density at radius 2 is 1.76 bits per heavy atom. The molecule has 176 valence electrons. The second kappa shape index (κ2) is 8.30. The molecule has 0 unspecified atom stereocenters. The van der Waals surface area contributed by atoms with E-state index < -0.39 is 17.7 Å². The van der Waals surface area contributed by atoms with Crippen molar-refractivity contribution in [1.29, 1.82) is 0 Å². The van der Waals surface area contributed by atoms with Crippen molar-refractivity contribution in [3.8, 4) is 0 Å². The highest BCUT2D eigenvalue weighted by molar-refractivity contribution is 6.07. The van der Waals surface area contributed by atoms with Gasteiger partial charge >= 0.3 is 18.2 Å². The normalized spacial score (nSPS) is 17.4. The predicted octanol–water partition coefficient (Wildman–Crippen LogP) is 2.67. The quantitative estimate of drug-likeness (QED) is 0.710. The molecule has 0 atom stereocenters. The summed E-state index contributed by atoms with van der Waals surface area (Å²) in [5.41, 5.74) is 1.11. The summed E-state index contributed by atoms with van der Waals surface area (Å²) in [6.07, 6.45) is 0.225. The van der Waals surface area contributed by atoms with Gasteiger partial charge in [0.05, 0.1) is 11.2 Å². The van der Waals surface area contributed by atoms with Gasteiger partial charge in [-0.3, -0.25) is 19.6 Å². The third kappa shape index (κ3) is 4.57. The van der Waals surface area contributed by atoms with Crippen LogP contribution in [0, 0.1) is 0 Å². The summed E-state index contributed by atoms with van der Waals surface area (Å²) in [5.74, 6) is -0.334. The molecule has 0 aliphatic carbocycles. The number of urea groups is 1. The van der Waals surface area contributed by atoms with Crippen molar-refractivity contribution in [2.45, 2.75) is 32.8 Å². The third-order valence-corrected chi connectivity index (χ3v) is 5.61. The number of carbonyl (C=O) groups is 4. The fourth-order valence-electron chi connectivity index (χ4n) is 4.04. The van der Waals surface area contributed by atoms with Crippen LogP contribution in [0.1, 0.15) is 27.2 Å². The van der Waals surface area contributed by atoms with Crippen LogP contribution in [-0.2, 0) is 9.53 Å². The van der Waals surface area contributed by atoms with Gasteiger partial charge in [-0.15, -0.1) is 0 Å². The average molecular weight is 457 g/mol. The van der Waals surface area contributed by atoms with Crippen molar-refractivity contribution >= 4 is 46.4 Å². The molecule has 0 radical (unpaired) electrons. The molecular weight excluding hydrogens is 430 g/mol. The lowest BCUT2D eigenvalue weighted by Gasteiger charge is -2.36. The van der Waals surface area contributed by atoms with Gasteiger partial charge < -0.3 is 19.6 Å².